The first-order valence-electron chi connectivity index (χ1n) is 7.06. The minimum Gasteiger partial charge on any atom is -0.486 e. The van der Waals surface area contributed by atoms with E-state index in [-0.39, 0.29) is 12.5 Å². The van der Waals surface area contributed by atoms with Crippen LogP contribution in [0.3, 0.4) is 0 Å². The van der Waals surface area contributed by atoms with Crippen molar-refractivity contribution in [1.29, 1.82) is 0 Å². The number of nitrogens with zero attached hydrogens (tertiary/aromatic N) is 1. The van der Waals surface area contributed by atoms with E-state index < -0.39 is 10.0 Å². The van der Waals surface area contributed by atoms with Gasteiger partial charge in [-0.05, 0) is 18.6 Å². The normalized spacial score (nSPS) is 13.5. The maximum Gasteiger partial charge on any atom is 0.240 e. The Hall–Kier alpha value is -1.96. The van der Waals surface area contributed by atoms with Gasteiger partial charge in [0.15, 0.2) is 11.5 Å². The van der Waals surface area contributed by atoms with Crippen molar-refractivity contribution in [2.24, 2.45) is 0 Å². The van der Waals surface area contributed by atoms with Crippen LogP contribution >= 0.6 is 0 Å². The zero-order chi connectivity index (χ0) is 16.2. The van der Waals surface area contributed by atoms with Crippen LogP contribution in [0, 0.1) is 0 Å². The molecular weight excluding hydrogens is 308 g/mol. The van der Waals surface area contributed by atoms with Crippen molar-refractivity contribution in [1.82, 2.24) is 5.32 Å². The number of carbonyl (C=O) groups excluding carboxylic acids is 1. The van der Waals surface area contributed by atoms with E-state index in [1.54, 1.807) is 18.2 Å². The van der Waals surface area contributed by atoms with Crippen LogP contribution in [0.15, 0.2) is 18.2 Å². The molecule has 22 heavy (non-hydrogen) atoms. The van der Waals surface area contributed by atoms with E-state index >= 15 is 0 Å². The fourth-order valence-corrected chi connectivity index (χ4v) is 2.89. The van der Waals surface area contributed by atoms with E-state index in [0.717, 1.165) is 17.0 Å². The molecule has 0 aromatic heterocycles. The van der Waals surface area contributed by atoms with Crippen LogP contribution in [0.1, 0.15) is 13.3 Å². The van der Waals surface area contributed by atoms with Crippen LogP contribution in [-0.4, -0.2) is 46.9 Å². The third-order valence-corrected chi connectivity index (χ3v) is 4.21. The van der Waals surface area contributed by atoms with E-state index in [1.165, 1.54) is 0 Å². The maximum atomic E-state index is 12.0. The lowest BCUT2D eigenvalue weighted by atomic mass is 10.2. The smallest absolute Gasteiger partial charge is 0.240 e. The van der Waals surface area contributed by atoms with Crippen molar-refractivity contribution >= 4 is 21.6 Å². The number of rotatable bonds is 6. The number of benzene rings is 1. The summed E-state index contributed by atoms with van der Waals surface area (Å²) in [7, 11) is -3.59. The molecule has 0 spiro atoms. The molecule has 1 N–H and O–H groups in total. The first-order chi connectivity index (χ1) is 10.4. The molecule has 7 nitrogen and oxygen atoms in total. The highest BCUT2D eigenvalue weighted by Gasteiger charge is 2.23. The molecule has 1 amide bonds. The Labute approximate surface area is 130 Å². The molecule has 1 aromatic rings. The van der Waals surface area contributed by atoms with Crippen LogP contribution in [0.2, 0.25) is 0 Å². The summed E-state index contributed by atoms with van der Waals surface area (Å²) in [6.07, 6.45) is 1.85. The average Bonchev–Trinajstić information content (AvgIpc) is 2.49. The lowest BCUT2D eigenvalue weighted by Crippen LogP contribution is -2.40. The predicted octanol–water partition coefficient (Wildman–Crippen LogP) is 0.750. The number of carbonyl (C=O) groups is 1. The Morgan fingerprint density at radius 2 is 1.95 bits per heavy atom. The van der Waals surface area contributed by atoms with E-state index in [9.17, 15) is 13.2 Å². The molecule has 0 atom stereocenters. The Morgan fingerprint density at radius 3 is 2.59 bits per heavy atom. The van der Waals surface area contributed by atoms with Gasteiger partial charge >= 0.3 is 0 Å². The molecule has 1 aliphatic rings. The second-order valence-electron chi connectivity index (χ2n) is 4.95. The minimum atomic E-state index is -3.59. The zero-order valence-electron chi connectivity index (χ0n) is 12.7. The van der Waals surface area contributed by atoms with Crippen LogP contribution in [0.4, 0.5) is 5.69 Å². The quantitative estimate of drug-likeness (QED) is 0.833. The van der Waals surface area contributed by atoms with Gasteiger partial charge in [0.2, 0.25) is 15.9 Å². The van der Waals surface area contributed by atoms with Crippen molar-refractivity contribution in [2.45, 2.75) is 13.3 Å². The standard InChI is InChI=1S/C14H20N2O5S/c1-3-6-15-14(17)10-16(22(2,18)19)11-4-5-12-13(9-11)21-8-7-20-12/h4-5,9H,3,6-8,10H2,1-2H3,(H,15,17). The first-order valence-corrected chi connectivity index (χ1v) is 8.90. The highest BCUT2D eigenvalue weighted by Crippen LogP contribution is 2.34. The summed E-state index contributed by atoms with van der Waals surface area (Å²) in [4.78, 5) is 11.8. The van der Waals surface area contributed by atoms with Crippen molar-refractivity contribution in [2.75, 3.05) is 36.9 Å². The van der Waals surface area contributed by atoms with E-state index in [1.807, 2.05) is 6.92 Å². The van der Waals surface area contributed by atoms with Crippen molar-refractivity contribution in [3.05, 3.63) is 18.2 Å². The summed E-state index contributed by atoms with van der Waals surface area (Å²) in [5.41, 5.74) is 0.374. The number of nitrogens with one attached hydrogen (secondary N) is 1. The molecule has 1 heterocycles. The third-order valence-electron chi connectivity index (χ3n) is 3.07. The number of hydrogen-bond acceptors (Lipinski definition) is 5. The number of amides is 1. The summed E-state index contributed by atoms with van der Waals surface area (Å²) < 4.78 is 35.9. The molecule has 122 valence electrons. The molecule has 0 unspecified atom stereocenters. The van der Waals surface area contributed by atoms with Gasteiger partial charge in [-0.1, -0.05) is 6.92 Å². The SMILES string of the molecule is CCCNC(=O)CN(c1ccc2c(c1)OCCO2)S(C)(=O)=O. The van der Waals surface area contributed by atoms with E-state index in [2.05, 4.69) is 5.32 Å². The molecular formula is C14H20N2O5S. The van der Waals surface area contributed by atoms with Gasteiger partial charge in [-0.2, -0.15) is 0 Å². The lowest BCUT2D eigenvalue weighted by Gasteiger charge is -2.24. The average molecular weight is 328 g/mol. The van der Waals surface area contributed by atoms with Crippen LogP contribution < -0.4 is 19.1 Å². The Balaban J connectivity index is 2.24. The van der Waals surface area contributed by atoms with Crippen LogP contribution in [0.25, 0.3) is 0 Å². The molecule has 0 aliphatic carbocycles. The predicted molar refractivity (Wildman–Crippen MR) is 82.9 cm³/mol. The van der Waals surface area contributed by atoms with Gasteiger partial charge in [-0.25, -0.2) is 8.42 Å². The van der Waals surface area contributed by atoms with Gasteiger partial charge in [0, 0.05) is 12.6 Å². The Kier molecular flexibility index (Phi) is 5.12. The van der Waals surface area contributed by atoms with E-state index in [0.29, 0.717) is 36.9 Å². The van der Waals surface area contributed by atoms with Crippen molar-refractivity contribution in [3.8, 4) is 11.5 Å². The summed E-state index contributed by atoms with van der Waals surface area (Å²) in [5.74, 6) is 0.701. The van der Waals surface area contributed by atoms with Gasteiger partial charge in [0.25, 0.3) is 0 Å². The maximum absolute atomic E-state index is 12.0. The van der Waals surface area contributed by atoms with Crippen molar-refractivity contribution < 1.29 is 22.7 Å². The Bertz CT molecular complexity index is 645. The molecule has 2 rings (SSSR count). The molecule has 8 heteroatoms. The number of sulfonamides is 1. The zero-order valence-corrected chi connectivity index (χ0v) is 13.5. The number of anilines is 1. The number of fused-ring (bicyclic) bond motifs is 1. The molecule has 0 saturated heterocycles. The molecule has 0 bridgehead atoms. The molecule has 1 aliphatic heterocycles. The summed E-state index contributed by atoms with van der Waals surface area (Å²) >= 11 is 0. The van der Waals surface area contributed by atoms with Crippen molar-refractivity contribution in [3.63, 3.8) is 0 Å². The number of ether oxygens (including phenoxy) is 2. The third kappa shape index (κ3) is 4.03. The Morgan fingerprint density at radius 1 is 1.27 bits per heavy atom. The lowest BCUT2D eigenvalue weighted by molar-refractivity contribution is -0.119. The number of hydrogen-bond donors (Lipinski definition) is 1. The van der Waals surface area contributed by atoms with Gasteiger partial charge in [0.1, 0.15) is 19.8 Å². The second kappa shape index (κ2) is 6.87. The topological polar surface area (TPSA) is 84.9 Å². The summed E-state index contributed by atoms with van der Waals surface area (Å²) in [6, 6.07) is 4.82. The summed E-state index contributed by atoms with van der Waals surface area (Å²) in [6.45, 7) is 3.04. The highest BCUT2D eigenvalue weighted by molar-refractivity contribution is 7.92. The molecule has 0 saturated carbocycles. The molecule has 0 radical (unpaired) electrons. The highest BCUT2D eigenvalue weighted by atomic mass is 32.2. The molecule has 1 aromatic carbocycles. The van der Waals surface area contributed by atoms with Gasteiger partial charge in [-0.15, -0.1) is 0 Å². The van der Waals surface area contributed by atoms with Crippen LogP contribution in [-0.2, 0) is 14.8 Å². The fraction of sp³-hybridized carbons (Fsp3) is 0.500. The van der Waals surface area contributed by atoms with E-state index in [4.69, 9.17) is 9.47 Å². The summed E-state index contributed by atoms with van der Waals surface area (Å²) in [5, 5.41) is 2.67. The van der Waals surface area contributed by atoms with Gasteiger partial charge in [0.05, 0.1) is 11.9 Å². The fourth-order valence-electron chi connectivity index (χ4n) is 2.04. The molecule has 0 fully saturated rings. The minimum absolute atomic E-state index is 0.265. The van der Waals surface area contributed by atoms with Gasteiger partial charge in [-0.3, -0.25) is 9.10 Å². The first kappa shape index (κ1) is 16.4. The second-order valence-corrected chi connectivity index (χ2v) is 6.85. The monoisotopic (exact) mass is 328 g/mol. The van der Waals surface area contributed by atoms with Crippen LogP contribution in [0.5, 0.6) is 11.5 Å². The van der Waals surface area contributed by atoms with Gasteiger partial charge < -0.3 is 14.8 Å². The largest absolute Gasteiger partial charge is 0.486 e.